The molecule has 1 fully saturated rings. The quantitative estimate of drug-likeness (QED) is 0.839. The molecule has 0 atom stereocenters. The first-order valence-electron chi connectivity index (χ1n) is 6.66. The van der Waals surface area contributed by atoms with Crippen molar-refractivity contribution in [3.63, 3.8) is 0 Å². The Morgan fingerprint density at radius 2 is 2.11 bits per heavy atom. The van der Waals surface area contributed by atoms with Crippen LogP contribution >= 0.6 is 0 Å². The van der Waals surface area contributed by atoms with E-state index in [1.54, 1.807) is 0 Å². The van der Waals surface area contributed by atoms with Crippen LogP contribution in [0.4, 0.5) is 0 Å². The maximum absolute atomic E-state index is 12.0. The maximum atomic E-state index is 12.0. The Balaban J connectivity index is 1.86. The van der Waals surface area contributed by atoms with Crippen molar-refractivity contribution in [3.8, 4) is 0 Å². The molecule has 19 heavy (non-hydrogen) atoms. The molecule has 5 nitrogen and oxygen atoms in total. The average molecular weight is 283 g/mol. The lowest BCUT2D eigenvalue weighted by atomic mass is 10.0. The van der Waals surface area contributed by atoms with E-state index in [1.807, 2.05) is 25.1 Å². The molecule has 1 aliphatic heterocycles. The highest BCUT2D eigenvalue weighted by molar-refractivity contribution is 7.89. The summed E-state index contributed by atoms with van der Waals surface area (Å²) in [6.07, 6.45) is 1.87. The van der Waals surface area contributed by atoms with E-state index in [1.165, 1.54) is 0 Å². The molecule has 1 aromatic heterocycles. The van der Waals surface area contributed by atoms with Crippen molar-refractivity contribution < 1.29 is 8.42 Å². The molecular formula is C13H21N3O2S. The Bertz CT molecular complexity index is 510. The van der Waals surface area contributed by atoms with Crippen LogP contribution in [0.1, 0.15) is 24.2 Å². The second-order valence-corrected chi connectivity index (χ2v) is 6.92. The number of rotatable bonds is 5. The van der Waals surface area contributed by atoms with E-state index in [2.05, 4.69) is 15.0 Å². The van der Waals surface area contributed by atoms with E-state index >= 15 is 0 Å². The summed E-state index contributed by atoms with van der Waals surface area (Å²) in [6, 6.07) is 5.62. The van der Waals surface area contributed by atoms with Crippen LogP contribution in [0.25, 0.3) is 0 Å². The Labute approximate surface area is 114 Å². The van der Waals surface area contributed by atoms with Crippen LogP contribution in [0, 0.1) is 12.8 Å². The summed E-state index contributed by atoms with van der Waals surface area (Å²) in [6.45, 7) is 4.00. The van der Waals surface area contributed by atoms with E-state index in [4.69, 9.17) is 0 Å². The SMILES string of the molecule is Cc1cccc(CNS(=O)(=O)CC2CCNCC2)n1. The van der Waals surface area contributed by atoms with Crippen LogP contribution in [0.2, 0.25) is 0 Å². The number of nitrogens with zero attached hydrogens (tertiary/aromatic N) is 1. The van der Waals surface area contributed by atoms with Crippen LogP contribution in [0.5, 0.6) is 0 Å². The first-order valence-corrected chi connectivity index (χ1v) is 8.31. The van der Waals surface area contributed by atoms with Crippen molar-refractivity contribution in [1.82, 2.24) is 15.0 Å². The van der Waals surface area contributed by atoms with Gasteiger partial charge in [0, 0.05) is 5.69 Å². The van der Waals surface area contributed by atoms with Crippen LogP contribution in [0.15, 0.2) is 18.2 Å². The minimum absolute atomic E-state index is 0.223. The fourth-order valence-electron chi connectivity index (χ4n) is 2.30. The highest BCUT2D eigenvalue weighted by Crippen LogP contribution is 2.13. The molecule has 0 saturated carbocycles. The van der Waals surface area contributed by atoms with Crippen LogP contribution < -0.4 is 10.0 Å². The molecule has 0 spiro atoms. The van der Waals surface area contributed by atoms with E-state index < -0.39 is 10.0 Å². The number of sulfonamides is 1. The highest BCUT2D eigenvalue weighted by Gasteiger charge is 2.20. The van der Waals surface area contributed by atoms with Gasteiger partial charge in [-0.15, -0.1) is 0 Å². The highest BCUT2D eigenvalue weighted by atomic mass is 32.2. The molecule has 106 valence electrons. The summed E-state index contributed by atoms with van der Waals surface area (Å²) < 4.78 is 26.6. The van der Waals surface area contributed by atoms with Gasteiger partial charge in [-0.25, -0.2) is 13.1 Å². The lowest BCUT2D eigenvalue weighted by Crippen LogP contribution is -2.35. The van der Waals surface area contributed by atoms with E-state index in [9.17, 15) is 8.42 Å². The van der Waals surface area contributed by atoms with Crippen molar-refractivity contribution in [1.29, 1.82) is 0 Å². The van der Waals surface area contributed by atoms with Gasteiger partial charge in [-0.2, -0.15) is 0 Å². The van der Waals surface area contributed by atoms with E-state index in [0.29, 0.717) is 0 Å². The largest absolute Gasteiger partial charge is 0.317 e. The zero-order chi connectivity index (χ0) is 13.7. The average Bonchev–Trinajstić information content (AvgIpc) is 2.37. The molecule has 0 aliphatic carbocycles. The van der Waals surface area contributed by atoms with Gasteiger partial charge in [0.05, 0.1) is 18.0 Å². The fourth-order valence-corrected chi connectivity index (χ4v) is 3.74. The molecule has 2 rings (SSSR count). The number of hydrogen-bond acceptors (Lipinski definition) is 4. The standard InChI is InChI=1S/C13H21N3O2S/c1-11-3-2-4-13(16-11)9-15-19(17,18)10-12-5-7-14-8-6-12/h2-4,12,14-15H,5-10H2,1H3. The van der Waals surface area contributed by atoms with Crippen molar-refractivity contribution in [2.75, 3.05) is 18.8 Å². The molecule has 2 N–H and O–H groups in total. The molecule has 0 aromatic carbocycles. The van der Waals surface area contributed by atoms with Gasteiger partial charge in [0.15, 0.2) is 0 Å². The number of piperidine rings is 1. The molecule has 6 heteroatoms. The minimum atomic E-state index is -3.21. The number of pyridine rings is 1. The summed E-state index contributed by atoms with van der Waals surface area (Å²) in [4.78, 5) is 4.29. The van der Waals surface area contributed by atoms with Gasteiger partial charge in [0.25, 0.3) is 0 Å². The molecule has 1 aliphatic rings. The van der Waals surface area contributed by atoms with Crippen LogP contribution in [0.3, 0.4) is 0 Å². The molecule has 1 aromatic rings. The molecule has 2 heterocycles. The van der Waals surface area contributed by atoms with E-state index in [-0.39, 0.29) is 18.2 Å². The predicted molar refractivity (Wildman–Crippen MR) is 75.2 cm³/mol. The lowest BCUT2D eigenvalue weighted by molar-refractivity contribution is 0.400. The van der Waals surface area contributed by atoms with Gasteiger partial charge < -0.3 is 5.32 Å². The Morgan fingerprint density at radius 1 is 1.37 bits per heavy atom. The topological polar surface area (TPSA) is 71.1 Å². The molecular weight excluding hydrogens is 262 g/mol. The molecule has 0 amide bonds. The van der Waals surface area contributed by atoms with Crippen molar-refractivity contribution in [2.24, 2.45) is 5.92 Å². The summed E-state index contributed by atoms with van der Waals surface area (Å²) in [7, 11) is -3.21. The minimum Gasteiger partial charge on any atom is -0.317 e. The third-order valence-corrected chi connectivity index (χ3v) is 4.83. The summed E-state index contributed by atoms with van der Waals surface area (Å²) in [5, 5.41) is 3.24. The van der Waals surface area contributed by atoms with Gasteiger partial charge in [0.1, 0.15) is 0 Å². The van der Waals surface area contributed by atoms with E-state index in [0.717, 1.165) is 37.3 Å². The molecule has 0 radical (unpaired) electrons. The zero-order valence-electron chi connectivity index (χ0n) is 11.2. The number of hydrogen-bond donors (Lipinski definition) is 2. The Hall–Kier alpha value is -0.980. The first kappa shape index (κ1) is 14.4. The number of aryl methyl sites for hydroxylation is 1. The summed E-state index contributed by atoms with van der Waals surface area (Å²) >= 11 is 0. The van der Waals surface area contributed by atoms with Crippen LogP contribution in [-0.4, -0.2) is 32.2 Å². The molecule has 0 unspecified atom stereocenters. The third kappa shape index (κ3) is 4.89. The fraction of sp³-hybridized carbons (Fsp3) is 0.615. The predicted octanol–water partition coefficient (Wildman–Crippen LogP) is 0.809. The van der Waals surface area contributed by atoms with Crippen molar-refractivity contribution in [2.45, 2.75) is 26.3 Å². The number of aromatic nitrogens is 1. The molecule has 0 bridgehead atoms. The van der Waals surface area contributed by atoms with Gasteiger partial charge in [0.2, 0.25) is 10.0 Å². The van der Waals surface area contributed by atoms with Gasteiger partial charge in [-0.1, -0.05) is 6.07 Å². The monoisotopic (exact) mass is 283 g/mol. The second kappa shape index (κ2) is 6.45. The summed E-state index contributed by atoms with van der Waals surface area (Å²) in [5.74, 6) is 0.491. The van der Waals surface area contributed by atoms with Crippen LogP contribution in [-0.2, 0) is 16.6 Å². The van der Waals surface area contributed by atoms with Crippen molar-refractivity contribution in [3.05, 3.63) is 29.6 Å². The Kier molecular flexibility index (Phi) is 4.90. The van der Waals surface area contributed by atoms with Crippen molar-refractivity contribution >= 4 is 10.0 Å². The third-order valence-electron chi connectivity index (χ3n) is 3.33. The van der Waals surface area contributed by atoms with Gasteiger partial charge in [-0.3, -0.25) is 4.98 Å². The maximum Gasteiger partial charge on any atom is 0.212 e. The normalized spacial score (nSPS) is 17.5. The number of nitrogens with one attached hydrogen (secondary N) is 2. The smallest absolute Gasteiger partial charge is 0.212 e. The summed E-state index contributed by atoms with van der Waals surface area (Å²) in [5.41, 5.74) is 1.66. The second-order valence-electron chi connectivity index (χ2n) is 5.07. The molecule has 1 saturated heterocycles. The van der Waals surface area contributed by atoms with Gasteiger partial charge in [-0.05, 0) is 50.9 Å². The zero-order valence-corrected chi connectivity index (χ0v) is 12.0. The Morgan fingerprint density at radius 3 is 2.79 bits per heavy atom. The van der Waals surface area contributed by atoms with Gasteiger partial charge >= 0.3 is 0 Å². The first-order chi connectivity index (χ1) is 9.05. The lowest BCUT2D eigenvalue weighted by Gasteiger charge is -2.22.